The molecule has 0 bridgehead atoms. The minimum Gasteiger partial charge on any atom is -0.464 e. The highest BCUT2D eigenvalue weighted by Gasteiger charge is 2.36. The fourth-order valence-corrected chi connectivity index (χ4v) is 1.34. The molecule has 0 heterocycles. The van der Waals surface area contributed by atoms with Gasteiger partial charge in [-0.25, -0.2) is 4.79 Å². The molecule has 0 aromatic rings. The Hall–Kier alpha value is -1.39. The first-order valence-electron chi connectivity index (χ1n) is 4.77. The van der Waals surface area contributed by atoms with Crippen LogP contribution in [0.4, 0.5) is 0 Å². The maximum atomic E-state index is 11.5. The molecule has 0 aliphatic rings. The summed E-state index contributed by atoms with van der Waals surface area (Å²) >= 11 is 0. The summed E-state index contributed by atoms with van der Waals surface area (Å²) in [5, 5.41) is 2.44. The molecule has 0 saturated carbocycles. The average molecular weight is 215 g/mol. The van der Waals surface area contributed by atoms with Crippen molar-refractivity contribution in [1.82, 2.24) is 5.32 Å². The molecule has 0 rings (SSSR count). The number of nitrogens with one attached hydrogen (secondary N) is 1. The van der Waals surface area contributed by atoms with Crippen LogP contribution in [0.3, 0.4) is 0 Å². The van der Waals surface area contributed by atoms with Crippen LogP contribution in [-0.4, -0.2) is 29.8 Å². The summed E-state index contributed by atoms with van der Waals surface area (Å²) in [6.45, 7) is 6.01. The molecule has 0 aromatic carbocycles. The van der Waals surface area contributed by atoms with Gasteiger partial charge in [-0.05, 0) is 20.8 Å². The number of hydrogen-bond acceptors (Lipinski definition) is 4. The van der Waals surface area contributed by atoms with Crippen molar-refractivity contribution in [1.29, 1.82) is 0 Å². The highest BCUT2D eigenvalue weighted by molar-refractivity contribution is 5.92. The van der Waals surface area contributed by atoms with E-state index in [2.05, 4.69) is 5.32 Å². The molecule has 86 valence electrons. The lowest BCUT2D eigenvalue weighted by Gasteiger charge is -2.26. The van der Waals surface area contributed by atoms with E-state index in [1.165, 1.54) is 20.8 Å². The number of ketones is 1. The Morgan fingerprint density at radius 2 is 1.80 bits per heavy atom. The standard InChI is InChI=1S/C10H17NO4/c1-5-15-9(14)10(4,6-7(2)12)11-8(3)13/h5-6H2,1-4H3,(H,11,13). The molecule has 0 saturated heterocycles. The van der Waals surface area contributed by atoms with Crippen molar-refractivity contribution in [3.8, 4) is 0 Å². The van der Waals surface area contributed by atoms with Gasteiger partial charge in [0.1, 0.15) is 11.3 Å². The topological polar surface area (TPSA) is 72.5 Å². The molecule has 15 heavy (non-hydrogen) atoms. The Morgan fingerprint density at radius 1 is 1.27 bits per heavy atom. The van der Waals surface area contributed by atoms with Crippen LogP contribution in [0.5, 0.6) is 0 Å². The first-order chi connectivity index (χ1) is 6.81. The number of ether oxygens (including phenoxy) is 1. The van der Waals surface area contributed by atoms with Crippen LogP contribution < -0.4 is 5.32 Å². The minimum absolute atomic E-state index is 0.0641. The third-order valence-electron chi connectivity index (χ3n) is 1.78. The SMILES string of the molecule is CCOC(=O)C(C)(CC(C)=O)NC(C)=O. The van der Waals surface area contributed by atoms with E-state index in [4.69, 9.17) is 4.74 Å². The summed E-state index contributed by atoms with van der Waals surface area (Å²) in [4.78, 5) is 33.5. The van der Waals surface area contributed by atoms with Gasteiger partial charge in [0.05, 0.1) is 6.61 Å². The van der Waals surface area contributed by atoms with Gasteiger partial charge in [-0.2, -0.15) is 0 Å². The van der Waals surface area contributed by atoms with E-state index in [0.717, 1.165) is 0 Å². The van der Waals surface area contributed by atoms with E-state index >= 15 is 0 Å². The van der Waals surface area contributed by atoms with Crippen LogP contribution in [0.1, 0.15) is 34.1 Å². The van der Waals surface area contributed by atoms with Crippen molar-refractivity contribution in [2.45, 2.75) is 39.7 Å². The van der Waals surface area contributed by atoms with Gasteiger partial charge in [0.25, 0.3) is 0 Å². The predicted octanol–water partition coefficient (Wildman–Crippen LogP) is 0.423. The van der Waals surface area contributed by atoms with E-state index in [9.17, 15) is 14.4 Å². The maximum Gasteiger partial charge on any atom is 0.332 e. The Balaban J connectivity index is 4.74. The molecule has 0 aliphatic heterocycles. The van der Waals surface area contributed by atoms with Gasteiger partial charge >= 0.3 is 5.97 Å². The van der Waals surface area contributed by atoms with E-state index in [-0.39, 0.29) is 24.7 Å². The third kappa shape index (κ3) is 4.58. The molecule has 0 aliphatic carbocycles. The monoisotopic (exact) mass is 215 g/mol. The summed E-state index contributed by atoms with van der Waals surface area (Å²) in [6, 6.07) is 0. The number of Topliss-reactive ketones (excluding diaryl/α,β-unsaturated/α-hetero) is 1. The Bertz CT molecular complexity index is 257. The summed E-state index contributed by atoms with van der Waals surface area (Å²) < 4.78 is 4.80. The lowest BCUT2D eigenvalue weighted by molar-refractivity contribution is -0.153. The van der Waals surface area contributed by atoms with Crippen molar-refractivity contribution in [2.75, 3.05) is 6.61 Å². The summed E-state index contributed by atoms with van der Waals surface area (Å²) in [5.74, 6) is -1.14. The first kappa shape index (κ1) is 13.6. The van der Waals surface area contributed by atoms with Crippen molar-refractivity contribution in [3.05, 3.63) is 0 Å². The second kappa shape index (κ2) is 5.48. The number of esters is 1. The second-order valence-corrected chi connectivity index (χ2v) is 3.61. The molecule has 0 spiro atoms. The molecule has 1 N–H and O–H groups in total. The molecule has 1 amide bonds. The quantitative estimate of drug-likeness (QED) is 0.675. The Labute approximate surface area is 89.2 Å². The number of carbonyl (C=O) groups is 3. The van der Waals surface area contributed by atoms with Gasteiger partial charge in [0, 0.05) is 13.3 Å². The maximum absolute atomic E-state index is 11.5. The Kier molecular flexibility index (Phi) is 4.97. The van der Waals surface area contributed by atoms with Gasteiger partial charge in [-0.3, -0.25) is 9.59 Å². The van der Waals surface area contributed by atoms with Crippen LogP contribution >= 0.6 is 0 Å². The smallest absolute Gasteiger partial charge is 0.332 e. The van der Waals surface area contributed by atoms with Gasteiger partial charge in [0.2, 0.25) is 5.91 Å². The molecular formula is C10H17NO4. The van der Waals surface area contributed by atoms with Crippen LogP contribution in [0.25, 0.3) is 0 Å². The van der Waals surface area contributed by atoms with Crippen LogP contribution in [0.2, 0.25) is 0 Å². The second-order valence-electron chi connectivity index (χ2n) is 3.61. The molecule has 0 radical (unpaired) electrons. The average Bonchev–Trinajstić information content (AvgIpc) is 2.01. The fourth-order valence-electron chi connectivity index (χ4n) is 1.34. The lowest BCUT2D eigenvalue weighted by atomic mass is 9.95. The van der Waals surface area contributed by atoms with Crippen LogP contribution in [0.15, 0.2) is 0 Å². The van der Waals surface area contributed by atoms with Crippen LogP contribution in [0, 0.1) is 0 Å². The third-order valence-corrected chi connectivity index (χ3v) is 1.78. The van der Waals surface area contributed by atoms with Crippen molar-refractivity contribution >= 4 is 17.7 Å². The number of rotatable bonds is 5. The van der Waals surface area contributed by atoms with Crippen molar-refractivity contribution in [2.24, 2.45) is 0 Å². The molecule has 5 heteroatoms. The molecular weight excluding hydrogens is 198 g/mol. The van der Waals surface area contributed by atoms with Crippen molar-refractivity contribution in [3.63, 3.8) is 0 Å². The van der Waals surface area contributed by atoms with Gasteiger partial charge in [0.15, 0.2) is 0 Å². The summed E-state index contributed by atoms with van der Waals surface area (Å²) in [5.41, 5.74) is -1.26. The predicted molar refractivity (Wildman–Crippen MR) is 54.2 cm³/mol. The summed E-state index contributed by atoms with van der Waals surface area (Å²) in [6.07, 6.45) is -0.0641. The number of carbonyl (C=O) groups excluding carboxylic acids is 3. The molecule has 5 nitrogen and oxygen atoms in total. The minimum atomic E-state index is -1.26. The molecule has 0 fully saturated rings. The van der Waals surface area contributed by atoms with Crippen LogP contribution in [-0.2, 0) is 19.1 Å². The largest absolute Gasteiger partial charge is 0.464 e. The zero-order valence-electron chi connectivity index (χ0n) is 9.55. The summed E-state index contributed by atoms with van der Waals surface area (Å²) in [7, 11) is 0. The zero-order chi connectivity index (χ0) is 12.1. The molecule has 0 aromatic heterocycles. The lowest BCUT2D eigenvalue weighted by Crippen LogP contribution is -2.53. The van der Waals surface area contributed by atoms with Gasteiger partial charge < -0.3 is 10.1 Å². The normalized spacial score (nSPS) is 13.9. The Morgan fingerprint density at radius 3 is 2.13 bits per heavy atom. The highest BCUT2D eigenvalue weighted by Crippen LogP contribution is 2.12. The fraction of sp³-hybridized carbons (Fsp3) is 0.700. The van der Waals surface area contributed by atoms with E-state index in [1.54, 1.807) is 6.92 Å². The number of amides is 1. The molecule has 1 atom stereocenters. The van der Waals surface area contributed by atoms with Gasteiger partial charge in [-0.15, -0.1) is 0 Å². The van der Waals surface area contributed by atoms with Gasteiger partial charge in [-0.1, -0.05) is 0 Å². The molecule has 1 unspecified atom stereocenters. The van der Waals surface area contributed by atoms with E-state index in [0.29, 0.717) is 0 Å². The zero-order valence-corrected chi connectivity index (χ0v) is 9.55. The highest BCUT2D eigenvalue weighted by atomic mass is 16.5. The van der Waals surface area contributed by atoms with E-state index < -0.39 is 11.5 Å². The number of hydrogen-bond donors (Lipinski definition) is 1. The van der Waals surface area contributed by atoms with Crippen molar-refractivity contribution < 1.29 is 19.1 Å². The van der Waals surface area contributed by atoms with E-state index in [1.807, 2.05) is 0 Å². The first-order valence-corrected chi connectivity index (χ1v) is 4.77.